The van der Waals surface area contributed by atoms with Gasteiger partial charge in [-0.25, -0.2) is 0 Å². The van der Waals surface area contributed by atoms with Crippen LogP contribution in [0.25, 0.3) is 0 Å². The zero-order chi connectivity index (χ0) is 15.5. The number of anilines is 1. The van der Waals surface area contributed by atoms with Crippen LogP contribution in [0.15, 0.2) is 24.3 Å². The van der Waals surface area contributed by atoms with Crippen LogP contribution >= 0.6 is 0 Å². The number of rotatable bonds is 3. The van der Waals surface area contributed by atoms with Gasteiger partial charge >= 0.3 is 0 Å². The molecule has 3 N–H and O–H groups in total. The molecule has 0 bridgehead atoms. The highest BCUT2D eigenvalue weighted by Gasteiger charge is 2.35. The van der Waals surface area contributed by atoms with Crippen LogP contribution in [-0.4, -0.2) is 12.1 Å². The van der Waals surface area contributed by atoms with Crippen LogP contribution in [0.5, 0.6) is 0 Å². The van der Waals surface area contributed by atoms with E-state index in [4.69, 9.17) is 5.73 Å². The summed E-state index contributed by atoms with van der Waals surface area (Å²) in [4.78, 5) is 0. The summed E-state index contributed by atoms with van der Waals surface area (Å²) >= 11 is 0. The minimum absolute atomic E-state index is 0.0772. The smallest absolute Gasteiger partial charge is 0.0495 e. The zero-order valence-corrected chi connectivity index (χ0v) is 14.2. The van der Waals surface area contributed by atoms with Gasteiger partial charge in [0.15, 0.2) is 0 Å². The minimum Gasteiger partial charge on any atom is -0.378 e. The number of hydrogen-bond acceptors (Lipinski definition) is 2. The Balaban J connectivity index is 2.11. The molecule has 1 fully saturated rings. The summed E-state index contributed by atoms with van der Waals surface area (Å²) in [6.07, 6.45) is 6.25. The van der Waals surface area contributed by atoms with Crippen molar-refractivity contribution in [3.63, 3.8) is 0 Å². The maximum atomic E-state index is 6.19. The van der Waals surface area contributed by atoms with Crippen molar-refractivity contribution in [1.29, 1.82) is 0 Å². The van der Waals surface area contributed by atoms with Crippen LogP contribution in [0.2, 0.25) is 0 Å². The molecule has 0 saturated heterocycles. The van der Waals surface area contributed by atoms with Crippen molar-refractivity contribution < 1.29 is 0 Å². The predicted molar refractivity (Wildman–Crippen MR) is 92.6 cm³/mol. The van der Waals surface area contributed by atoms with Crippen molar-refractivity contribution in [2.45, 2.75) is 65.3 Å². The van der Waals surface area contributed by atoms with E-state index in [1.165, 1.54) is 43.4 Å². The lowest BCUT2D eigenvalue weighted by Gasteiger charge is -2.35. The van der Waals surface area contributed by atoms with Crippen LogP contribution in [0.4, 0.5) is 5.69 Å². The second kappa shape index (κ2) is 6.39. The molecule has 21 heavy (non-hydrogen) atoms. The Kier molecular flexibility index (Phi) is 4.98. The van der Waals surface area contributed by atoms with E-state index in [9.17, 15) is 0 Å². The number of benzene rings is 1. The van der Waals surface area contributed by atoms with E-state index in [1.807, 2.05) is 0 Å². The molecule has 0 aliphatic heterocycles. The summed E-state index contributed by atoms with van der Waals surface area (Å²) < 4.78 is 0. The van der Waals surface area contributed by atoms with Crippen LogP contribution in [0.3, 0.4) is 0 Å². The molecular formula is C19H32N2. The fraction of sp³-hybridized carbons (Fsp3) is 0.684. The van der Waals surface area contributed by atoms with E-state index in [1.54, 1.807) is 0 Å². The molecule has 2 heteroatoms. The first-order valence-electron chi connectivity index (χ1n) is 8.40. The fourth-order valence-electron chi connectivity index (χ4n) is 3.68. The molecule has 2 rings (SSSR count). The first-order valence-corrected chi connectivity index (χ1v) is 8.40. The average Bonchev–Trinajstić information content (AvgIpc) is 2.62. The molecular weight excluding hydrogens is 256 g/mol. The first-order chi connectivity index (χ1) is 9.85. The van der Waals surface area contributed by atoms with E-state index >= 15 is 0 Å². The lowest BCUT2D eigenvalue weighted by molar-refractivity contribution is 0.212. The highest BCUT2D eigenvalue weighted by Crippen LogP contribution is 2.40. The maximum absolute atomic E-state index is 6.19. The van der Waals surface area contributed by atoms with E-state index in [0.29, 0.717) is 5.41 Å². The molecule has 0 spiro atoms. The van der Waals surface area contributed by atoms with Gasteiger partial charge in [0.2, 0.25) is 0 Å². The maximum Gasteiger partial charge on any atom is 0.0495 e. The van der Waals surface area contributed by atoms with Gasteiger partial charge in [-0.2, -0.15) is 0 Å². The summed E-state index contributed by atoms with van der Waals surface area (Å²) in [5.41, 5.74) is 9.19. The number of aryl methyl sites for hydroxylation is 1. The Labute approximate surface area is 130 Å². The Morgan fingerprint density at radius 2 is 2.00 bits per heavy atom. The number of nitrogens with two attached hydrogens (primary N) is 1. The lowest BCUT2D eigenvalue weighted by Crippen LogP contribution is -2.45. The standard InChI is InChI=1S/C19H32N2/c1-15-7-5-9-17(13-15)21-19(14-20)11-6-8-16(10-12-19)18(2,3)4/h5,7,9,13,16,21H,6,8,10-12,14,20H2,1-4H3. The molecule has 1 aliphatic carbocycles. The van der Waals surface area contributed by atoms with Gasteiger partial charge in [-0.3, -0.25) is 0 Å². The van der Waals surface area contributed by atoms with Gasteiger partial charge in [0.25, 0.3) is 0 Å². The van der Waals surface area contributed by atoms with E-state index in [0.717, 1.165) is 12.5 Å². The number of hydrogen-bond donors (Lipinski definition) is 2. The van der Waals surface area contributed by atoms with Crippen LogP contribution < -0.4 is 11.1 Å². The molecule has 2 nitrogen and oxygen atoms in total. The Hall–Kier alpha value is -1.02. The number of nitrogens with one attached hydrogen (secondary N) is 1. The summed E-state index contributed by atoms with van der Waals surface area (Å²) in [7, 11) is 0. The Bertz CT molecular complexity index is 461. The third-order valence-corrected chi connectivity index (χ3v) is 5.22. The average molecular weight is 288 g/mol. The lowest BCUT2D eigenvalue weighted by atomic mass is 9.76. The van der Waals surface area contributed by atoms with Gasteiger partial charge in [-0.1, -0.05) is 39.3 Å². The van der Waals surface area contributed by atoms with Gasteiger partial charge in [0.1, 0.15) is 0 Å². The monoisotopic (exact) mass is 288 g/mol. The molecule has 1 saturated carbocycles. The van der Waals surface area contributed by atoms with Gasteiger partial charge in [0, 0.05) is 17.8 Å². The summed E-state index contributed by atoms with van der Waals surface area (Å²) in [5.74, 6) is 0.810. The molecule has 0 amide bonds. The molecule has 1 aromatic rings. The summed E-state index contributed by atoms with van der Waals surface area (Å²) in [6.45, 7) is 9.99. The molecule has 2 unspecified atom stereocenters. The van der Waals surface area contributed by atoms with Crippen LogP contribution in [0, 0.1) is 18.3 Å². The van der Waals surface area contributed by atoms with Gasteiger partial charge in [-0.15, -0.1) is 0 Å². The minimum atomic E-state index is 0.0772. The fourth-order valence-corrected chi connectivity index (χ4v) is 3.68. The van der Waals surface area contributed by atoms with Gasteiger partial charge in [0.05, 0.1) is 0 Å². The third-order valence-electron chi connectivity index (χ3n) is 5.22. The summed E-state index contributed by atoms with van der Waals surface area (Å²) in [6, 6.07) is 8.65. The normalized spacial score (nSPS) is 27.2. The highest BCUT2D eigenvalue weighted by atomic mass is 15.0. The van der Waals surface area contributed by atoms with Gasteiger partial charge in [-0.05, 0) is 61.6 Å². The zero-order valence-electron chi connectivity index (χ0n) is 14.2. The quantitative estimate of drug-likeness (QED) is 0.789. The summed E-state index contributed by atoms with van der Waals surface area (Å²) in [5, 5.41) is 3.77. The third kappa shape index (κ3) is 4.23. The first kappa shape index (κ1) is 16.4. The van der Waals surface area contributed by atoms with Crippen LogP contribution in [0.1, 0.15) is 58.4 Å². The van der Waals surface area contributed by atoms with Gasteiger partial charge < -0.3 is 11.1 Å². The van der Waals surface area contributed by atoms with Crippen LogP contribution in [-0.2, 0) is 0 Å². The van der Waals surface area contributed by atoms with Crippen molar-refractivity contribution in [2.24, 2.45) is 17.1 Å². The molecule has 1 aromatic carbocycles. The highest BCUT2D eigenvalue weighted by molar-refractivity contribution is 5.48. The van der Waals surface area contributed by atoms with E-state index < -0.39 is 0 Å². The van der Waals surface area contributed by atoms with Crippen molar-refractivity contribution in [3.05, 3.63) is 29.8 Å². The topological polar surface area (TPSA) is 38.0 Å². The largest absolute Gasteiger partial charge is 0.378 e. The molecule has 0 heterocycles. The van der Waals surface area contributed by atoms with Crippen molar-refractivity contribution >= 4 is 5.69 Å². The Morgan fingerprint density at radius 1 is 1.24 bits per heavy atom. The molecule has 0 aromatic heterocycles. The van der Waals surface area contributed by atoms with Crippen molar-refractivity contribution in [2.75, 3.05) is 11.9 Å². The molecule has 118 valence electrons. The molecule has 1 aliphatic rings. The SMILES string of the molecule is Cc1cccc(NC2(CN)CCCC(C(C)(C)C)CC2)c1. The van der Waals surface area contributed by atoms with E-state index in [2.05, 4.69) is 57.3 Å². The second-order valence-electron chi connectivity index (χ2n) is 7.97. The van der Waals surface area contributed by atoms with Crippen molar-refractivity contribution in [1.82, 2.24) is 0 Å². The predicted octanol–water partition coefficient (Wildman–Crippen LogP) is 4.73. The Morgan fingerprint density at radius 3 is 2.62 bits per heavy atom. The molecule has 2 atom stereocenters. The molecule has 0 radical (unpaired) electrons. The van der Waals surface area contributed by atoms with E-state index in [-0.39, 0.29) is 5.54 Å². The second-order valence-corrected chi connectivity index (χ2v) is 7.97. The van der Waals surface area contributed by atoms with Crippen molar-refractivity contribution in [3.8, 4) is 0 Å².